The lowest BCUT2D eigenvalue weighted by molar-refractivity contribution is 0.0698. The van der Waals surface area contributed by atoms with Crippen molar-refractivity contribution in [2.24, 2.45) is 0 Å². The third kappa shape index (κ3) is 2.79. The lowest BCUT2D eigenvalue weighted by Crippen LogP contribution is -2.03. The van der Waals surface area contributed by atoms with E-state index in [0.717, 1.165) is 5.56 Å². The van der Waals surface area contributed by atoms with Gasteiger partial charge in [-0.15, -0.1) is 0 Å². The van der Waals surface area contributed by atoms with Crippen LogP contribution in [0.1, 0.15) is 32.0 Å². The molecule has 1 N–H and O–H groups in total. The van der Waals surface area contributed by atoms with Crippen molar-refractivity contribution in [3.05, 3.63) is 77.3 Å². The molecule has 0 aliphatic carbocycles. The summed E-state index contributed by atoms with van der Waals surface area (Å²) in [7, 11) is 0. The van der Waals surface area contributed by atoms with Gasteiger partial charge in [0.1, 0.15) is 5.76 Å². The fraction of sp³-hybridized carbons (Fsp3) is 0.0526. The highest BCUT2D eigenvalue weighted by Crippen LogP contribution is 2.27. The molecule has 0 saturated heterocycles. The number of carbonyl (C=O) groups is 2. The summed E-state index contributed by atoms with van der Waals surface area (Å²) in [5, 5.41) is 10.6. The van der Waals surface area contributed by atoms with Crippen molar-refractivity contribution in [1.82, 2.24) is 0 Å². The first-order valence-electron chi connectivity index (χ1n) is 7.09. The number of ketones is 1. The zero-order valence-corrected chi connectivity index (χ0v) is 12.4. The molecule has 3 aromatic rings. The molecule has 0 aliphatic rings. The number of benzene rings is 2. The molecule has 0 bridgehead atoms. The first kappa shape index (κ1) is 14.8. The van der Waals surface area contributed by atoms with E-state index < -0.39 is 5.97 Å². The van der Waals surface area contributed by atoms with Crippen molar-refractivity contribution < 1.29 is 19.1 Å². The molecule has 0 aliphatic heterocycles. The minimum absolute atomic E-state index is 0.199. The van der Waals surface area contributed by atoms with Gasteiger partial charge in [-0.2, -0.15) is 0 Å². The number of furan rings is 1. The van der Waals surface area contributed by atoms with Crippen LogP contribution in [0.4, 0.5) is 0 Å². The van der Waals surface area contributed by atoms with E-state index in [0.29, 0.717) is 22.1 Å². The highest BCUT2D eigenvalue weighted by Gasteiger charge is 2.15. The molecule has 0 saturated carbocycles. The van der Waals surface area contributed by atoms with E-state index in [1.54, 1.807) is 30.3 Å². The molecule has 1 heterocycles. The number of hydrogen-bond acceptors (Lipinski definition) is 3. The second-order valence-corrected chi connectivity index (χ2v) is 5.18. The molecule has 1 aromatic heterocycles. The number of fused-ring (bicyclic) bond motifs is 1. The van der Waals surface area contributed by atoms with Crippen molar-refractivity contribution in [2.45, 2.75) is 6.92 Å². The molecule has 0 amide bonds. The van der Waals surface area contributed by atoms with Crippen LogP contribution in [0.15, 0.2) is 59.2 Å². The van der Waals surface area contributed by atoms with Gasteiger partial charge in [0, 0.05) is 5.56 Å². The number of allylic oxidation sites excluding steroid dienone is 1. The van der Waals surface area contributed by atoms with Crippen LogP contribution in [0.2, 0.25) is 0 Å². The summed E-state index contributed by atoms with van der Waals surface area (Å²) in [6.45, 7) is 1.84. The number of carboxylic acid groups (broad SMARTS) is 1. The molecule has 0 fully saturated rings. The van der Waals surface area contributed by atoms with Crippen LogP contribution in [0.3, 0.4) is 0 Å². The highest BCUT2D eigenvalue weighted by molar-refractivity contribution is 6.18. The standard InChI is InChI=1S/C19H14O4/c1-12-4-2-6-15-14(8-9-16(18(12)15)19(21)22)17(20)10-7-13-5-3-11-23-13/h2-11H,1H3,(H,21,22)/b10-7-. The first-order valence-corrected chi connectivity index (χ1v) is 7.09. The zero-order valence-electron chi connectivity index (χ0n) is 12.4. The van der Waals surface area contributed by atoms with Crippen molar-refractivity contribution in [3.8, 4) is 0 Å². The average Bonchev–Trinajstić information content (AvgIpc) is 3.05. The smallest absolute Gasteiger partial charge is 0.336 e. The van der Waals surface area contributed by atoms with Gasteiger partial charge in [0.15, 0.2) is 5.78 Å². The summed E-state index contributed by atoms with van der Waals surface area (Å²) >= 11 is 0. The van der Waals surface area contributed by atoms with E-state index >= 15 is 0 Å². The molecular weight excluding hydrogens is 292 g/mol. The molecule has 114 valence electrons. The molecule has 0 radical (unpaired) electrons. The number of hydrogen-bond donors (Lipinski definition) is 1. The molecular formula is C19H14O4. The summed E-state index contributed by atoms with van der Waals surface area (Å²) in [5.41, 5.74) is 1.49. The summed E-state index contributed by atoms with van der Waals surface area (Å²) in [6.07, 6.45) is 4.55. The summed E-state index contributed by atoms with van der Waals surface area (Å²) in [4.78, 5) is 23.9. The van der Waals surface area contributed by atoms with Gasteiger partial charge in [0.05, 0.1) is 11.8 Å². The van der Waals surface area contributed by atoms with E-state index in [1.165, 1.54) is 18.4 Å². The van der Waals surface area contributed by atoms with Gasteiger partial charge in [0.2, 0.25) is 0 Å². The zero-order chi connectivity index (χ0) is 16.4. The van der Waals surface area contributed by atoms with Gasteiger partial charge < -0.3 is 9.52 Å². The maximum Gasteiger partial charge on any atom is 0.336 e. The summed E-state index contributed by atoms with van der Waals surface area (Å²) in [6, 6.07) is 11.9. The molecule has 2 aromatic carbocycles. The Labute approximate surface area is 132 Å². The van der Waals surface area contributed by atoms with Crippen LogP contribution >= 0.6 is 0 Å². The Bertz CT molecular complexity index is 918. The third-order valence-electron chi connectivity index (χ3n) is 3.69. The molecule has 0 unspecified atom stereocenters. The van der Waals surface area contributed by atoms with Gasteiger partial charge in [-0.1, -0.05) is 18.2 Å². The Morgan fingerprint density at radius 3 is 2.52 bits per heavy atom. The Hall–Kier alpha value is -3.14. The lowest BCUT2D eigenvalue weighted by atomic mass is 9.94. The molecule has 3 rings (SSSR count). The average molecular weight is 306 g/mol. The monoisotopic (exact) mass is 306 g/mol. The molecule has 4 nitrogen and oxygen atoms in total. The Morgan fingerprint density at radius 1 is 1.04 bits per heavy atom. The fourth-order valence-corrected chi connectivity index (χ4v) is 2.62. The summed E-state index contributed by atoms with van der Waals surface area (Å²) < 4.78 is 5.16. The molecule has 23 heavy (non-hydrogen) atoms. The third-order valence-corrected chi connectivity index (χ3v) is 3.69. The maximum absolute atomic E-state index is 12.5. The second kappa shape index (κ2) is 5.93. The normalized spacial score (nSPS) is 11.2. The van der Waals surface area contributed by atoms with Gasteiger partial charge in [-0.25, -0.2) is 4.79 Å². The largest absolute Gasteiger partial charge is 0.478 e. The van der Waals surface area contributed by atoms with Crippen LogP contribution in [-0.2, 0) is 0 Å². The number of aromatic carboxylic acids is 1. The first-order chi connectivity index (χ1) is 11.1. The van der Waals surface area contributed by atoms with Crippen molar-refractivity contribution in [1.29, 1.82) is 0 Å². The predicted octanol–water partition coefficient (Wildman–Crippen LogP) is 4.34. The van der Waals surface area contributed by atoms with E-state index in [1.807, 2.05) is 19.1 Å². The van der Waals surface area contributed by atoms with E-state index in [-0.39, 0.29) is 11.3 Å². The van der Waals surface area contributed by atoms with Crippen LogP contribution in [0.5, 0.6) is 0 Å². The van der Waals surface area contributed by atoms with Gasteiger partial charge in [0.25, 0.3) is 0 Å². The second-order valence-electron chi connectivity index (χ2n) is 5.18. The Kier molecular flexibility index (Phi) is 3.81. The minimum Gasteiger partial charge on any atom is -0.478 e. The van der Waals surface area contributed by atoms with Crippen molar-refractivity contribution in [2.75, 3.05) is 0 Å². The van der Waals surface area contributed by atoms with Crippen molar-refractivity contribution in [3.63, 3.8) is 0 Å². The highest BCUT2D eigenvalue weighted by atomic mass is 16.4. The van der Waals surface area contributed by atoms with Crippen LogP contribution < -0.4 is 0 Å². The van der Waals surface area contributed by atoms with Gasteiger partial charge in [-0.05, 0) is 59.7 Å². The lowest BCUT2D eigenvalue weighted by Gasteiger charge is -2.09. The van der Waals surface area contributed by atoms with E-state index in [9.17, 15) is 14.7 Å². The SMILES string of the molecule is Cc1cccc2c(C(=O)/C=C\c3ccco3)ccc(C(=O)O)c12. The number of carboxylic acids is 1. The topological polar surface area (TPSA) is 67.5 Å². The fourth-order valence-electron chi connectivity index (χ4n) is 2.62. The Balaban J connectivity index is 2.12. The molecule has 0 spiro atoms. The molecule has 0 atom stereocenters. The summed E-state index contributed by atoms with van der Waals surface area (Å²) in [5.74, 6) is -0.621. The minimum atomic E-state index is -1.01. The van der Waals surface area contributed by atoms with Crippen LogP contribution in [0, 0.1) is 6.92 Å². The van der Waals surface area contributed by atoms with Crippen molar-refractivity contribution >= 4 is 28.6 Å². The maximum atomic E-state index is 12.5. The Morgan fingerprint density at radius 2 is 1.83 bits per heavy atom. The van der Waals surface area contributed by atoms with E-state index in [2.05, 4.69) is 0 Å². The van der Waals surface area contributed by atoms with Gasteiger partial charge >= 0.3 is 5.97 Å². The van der Waals surface area contributed by atoms with Gasteiger partial charge in [-0.3, -0.25) is 4.79 Å². The number of aryl methyl sites for hydroxylation is 1. The quantitative estimate of drug-likeness (QED) is 0.575. The number of carbonyl (C=O) groups excluding carboxylic acids is 1. The predicted molar refractivity (Wildman–Crippen MR) is 87.7 cm³/mol. The van der Waals surface area contributed by atoms with Crippen LogP contribution in [0.25, 0.3) is 16.8 Å². The number of rotatable bonds is 4. The van der Waals surface area contributed by atoms with Crippen LogP contribution in [-0.4, -0.2) is 16.9 Å². The molecule has 4 heteroatoms. The van der Waals surface area contributed by atoms with E-state index in [4.69, 9.17) is 4.42 Å².